The molecule has 80 valence electrons. The molecule has 1 N–H and O–H groups in total. The van der Waals surface area contributed by atoms with E-state index >= 15 is 0 Å². The van der Waals surface area contributed by atoms with Crippen molar-refractivity contribution in [1.29, 1.82) is 0 Å². The highest BCUT2D eigenvalue weighted by Gasteiger charge is 2.10. The van der Waals surface area contributed by atoms with Crippen molar-refractivity contribution < 1.29 is 4.42 Å². The molecule has 0 spiro atoms. The molecular weight excluding hydrogens is 208 g/mol. The molecule has 2 aromatic heterocycles. The Hall–Kier alpha value is -1.13. The zero-order valence-corrected chi connectivity index (χ0v) is 9.67. The van der Waals surface area contributed by atoms with Crippen LogP contribution in [0.25, 0.3) is 0 Å². The summed E-state index contributed by atoms with van der Waals surface area (Å²) in [5, 5.41) is 5.45. The van der Waals surface area contributed by atoms with Crippen molar-refractivity contribution in [2.45, 2.75) is 26.4 Å². The van der Waals surface area contributed by atoms with E-state index in [1.807, 2.05) is 6.92 Å². The van der Waals surface area contributed by atoms with Gasteiger partial charge in [0.15, 0.2) is 0 Å². The van der Waals surface area contributed by atoms with Crippen LogP contribution in [0, 0.1) is 6.92 Å². The second-order valence-electron chi connectivity index (χ2n) is 3.49. The van der Waals surface area contributed by atoms with Crippen molar-refractivity contribution in [1.82, 2.24) is 10.3 Å². The lowest BCUT2D eigenvalue weighted by Crippen LogP contribution is -2.17. The number of nitrogens with zero attached hydrogens (tertiary/aromatic N) is 1. The Kier molecular flexibility index (Phi) is 3.18. The molecule has 2 rings (SSSR count). The maximum absolute atomic E-state index is 5.44. The van der Waals surface area contributed by atoms with Gasteiger partial charge in [0, 0.05) is 11.4 Å². The Morgan fingerprint density at radius 2 is 2.47 bits per heavy atom. The molecule has 1 atom stereocenters. The number of aromatic nitrogens is 1. The predicted molar refractivity (Wildman–Crippen MR) is 60.8 cm³/mol. The van der Waals surface area contributed by atoms with E-state index in [9.17, 15) is 0 Å². The van der Waals surface area contributed by atoms with E-state index in [1.54, 1.807) is 17.5 Å². The van der Waals surface area contributed by atoms with Crippen LogP contribution in [-0.2, 0) is 6.54 Å². The highest BCUT2D eigenvalue weighted by molar-refractivity contribution is 7.09. The van der Waals surface area contributed by atoms with Crippen LogP contribution in [0.1, 0.15) is 29.5 Å². The van der Waals surface area contributed by atoms with E-state index in [2.05, 4.69) is 34.7 Å². The number of nitrogens with one attached hydrogen (secondary N) is 1. The van der Waals surface area contributed by atoms with Crippen molar-refractivity contribution >= 4 is 11.3 Å². The summed E-state index contributed by atoms with van der Waals surface area (Å²) >= 11 is 1.75. The number of hydrogen-bond acceptors (Lipinski definition) is 4. The number of hydrogen-bond donors (Lipinski definition) is 1. The van der Waals surface area contributed by atoms with Crippen LogP contribution >= 0.6 is 11.3 Å². The van der Waals surface area contributed by atoms with Gasteiger partial charge in [0.1, 0.15) is 5.76 Å². The quantitative estimate of drug-likeness (QED) is 0.864. The van der Waals surface area contributed by atoms with Crippen LogP contribution in [0.3, 0.4) is 0 Å². The average Bonchev–Trinajstić information content (AvgIpc) is 2.84. The molecule has 0 saturated heterocycles. The molecule has 0 bridgehead atoms. The number of aryl methyl sites for hydroxylation is 1. The molecule has 0 aliphatic rings. The Morgan fingerprint density at radius 3 is 3.07 bits per heavy atom. The summed E-state index contributed by atoms with van der Waals surface area (Å²) in [5.74, 6) is 1.61. The molecule has 0 aromatic carbocycles. The Balaban J connectivity index is 1.90. The molecule has 1 unspecified atom stereocenters. The zero-order valence-electron chi connectivity index (χ0n) is 8.86. The predicted octanol–water partition coefficient (Wildman–Crippen LogP) is 2.90. The van der Waals surface area contributed by atoms with Gasteiger partial charge in [-0.25, -0.2) is 4.98 Å². The lowest BCUT2D eigenvalue weighted by molar-refractivity contribution is 0.403. The molecule has 4 heteroatoms. The molecular formula is C11H14N2OS. The van der Waals surface area contributed by atoms with Crippen LogP contribution in [0.2, 0.25) is 0 Å². The highest BCUT2D eigenvalue weighted by Crippen LogP contribution is 2.14. The minimum Gasteiger partial charge on any atom is -0.444 e. The van der Waals surface area contributed by atoms with E-state index in [1.165, 1.54) is 4.88 Å². The summed E-state index contributed by atoms with van der Waals surface area (Å²) in [5.41, 5.74) is 0. The van der Waals surface area contributed by atoms with Crippen LogP contribution < -0.4 is 5.32 Å². The average molecular weight is 222 g/mol. The summed E-state index contributed by atoms with van der Waals surface area (Å²) < 4.78 is 5.44. The minimum absolute atomic E-state index is 0.154. The van der Waals surface area contributed by atoms with Gasteiger partial charge < -0.3 is 9.73 Å². The number of oxazole rings is 1. The summed E-state index contributed by atoms with van der Waals surface area (Å²) in [6.07, 6.45) is 1.75. The third kappa shape index (κ3) is 2.67. The maximum Gasteiger partial charge on any atom is 0.211 e. The molecule has 0 fully saturated rings. The Bertz CT molecular complexity index is 408. The summed E-state index contributed by atoms with van der Waals surface area (Å²) in [6, 6.07) is 4.33. The fraction of sp³-hybridized carbons (Fsp3) is 0.364. The first-order valence-electron chi connectivity index (χ1n) is 4.94. The van der Waals surface area contributed by atoms with E-state index in [-0.39, 0.29) is 6.04 Å². The maximum atomic E-state index is 5.44. The smallest absolute Gasteiger partial charge is 0.211 e. The van der Waals surface area contributed by atoms with Gasteiger partial charge in [-0.2, -0.15) is 0 Å². The second kappa shape index (κ2) is 4.59. The lowest BCUT2D eigenvalue weighted by atomic mass is 10.3. The zero-order chi connectivity index (χ0) is 10.7. The Labute approximate surface area is 93.2 Å². The lowest BCUT2D eigenvalue weighted by Gasteiger charge is -2.08. The SMILES string of the molecule is Cc1cnc(C(C)NCc2cccs2)o1. The van der Waals surface area contributed by atoms with Gasteiger partial charge in [0.05, 0.1) is 12.2 Å². The highest BCUT2D eigenvalue weighted by atomic mass is 32.1. The second-order valence-corrected chi connectivity index (χ2v) is 4.52. The summed E-state index contributed by atoms with van der Waals surface area (Å²) in [7, 11) is 0. The van der Waals surface area contributed by atoms with Gasteiger partial charge in [-0.3, -0.25) is 0 Å². The first-order chi connectivity index (χ1) is 7.25. The molecule has 0 radical (unpaired) electrons. The van der Waals surface area contributed by atoms with E-state index < -0.39 is 0 Å². The van der Waals surface area contributed by atoms with Crippen molar-refractivity contribution in [3.63, 3.8) is 0 Å². The van der Waals surface area contributed by atoms with Crippen molar-refractivity contribution in [2.75, 3.05) is 0 Å². The molecule has 15 heavy (non-hydrogen) atoms. The molecule has 0 saturated carbocycles. The Morgan fingerprint density at radius 1 is 1.60 bits per heavy atom. The van der Waals surface area contributed by atoms with E-state index in [0.29, 0.717) is 0 Å². The fourth-order valence-electron chi connectivity index (χ4n) is 1.33. The van der Waals surface area contributed by atoms with Gasteiger partial charge in [0.25, 0.3) is 0 Å². The van der Waals surface area contributed by atoms with Gasteiger partial charge in [0.2, 0.25) is 5.89 Å². The van der Waals surface area contributed by atoms with Gasteiger partial charge in [-0.05, 0) is 25.3 Å². The third-order valence-electron chi connectivity index (χ3n) is 2.17. The van der Waals surface area contributed by atoms with Crippen LogP contribution in [0.4, 0.5) is 0 Å². The van der Waals surface area contributed by atoms with Crippen LogP contribution in [-0.4, -0.2) is 4.98 Å². The first-order valence-corrected chi connectivity index (χ1v) is 5.82. The summed E-state index contributed by atoms with van der Waals surface area (Å²) in [6.45, 7) is 4.82. The van der Waals surface area contributed by atoms with Gasteiger partial charge in [-0.15, -0.1) is 11.3 Å². The third-order valence-corrected chi connectivity index (χ3v) is 3.05. The molecule has 2 heterocycles. The molecule has 0 aliphatic heterocycles. The largest absolute Gasteiger partial charge is 0.444 e. The van der Waals surface area contributed by atoms with Gasteiger partial charge in [-0.1, -0.05) is 6.07 Å². The minimum atomic E-state index is 0.154. The molecule has 0 aliphatic carbocycles. The number of thiophene rings is 1. The van der Waals surface area contributed by atoms with E-state index in [0.717, 1.165) is 18.2 Å². The molecule has 0 amide bonds. The summed E-state index contributed by atoms with van der Waals surface area (Å²) in [4.78, 5) is 5.51. The topological polar surface area (TPSA) is 38.1 Å². The standard InChI is InChI=1S/C11H14N2OS/c1-8-6-13-11(14-8)9(2)12-7-10-4-3-5-15-10/h3-6,9,12H,7H2,1-2H3. The van der Waals surface area contributed by atoms with Crippen LogP contribution in [0.5, 0.6) is 0 Å². The van der Waals surface area contributed by atoms with Crippen LogP contribution in [0.15, 0.2) is 28.1 Å². The van der Waals surface area contributed by atoms with Crippen molar-refractivity contribution in [3.8, 4) is 0 Å². The number of rotatable bonds is 4. The normalized spacial score (nSPS) is 12.9. The molecule has 3 nitrogen and oxygen atoms in total. The van der Waals surface area contributed by atoms with Crippen molar-refractivity contribution in [2.24, 2.45) is 0 Å². The van der Waals surface area contributed by atoms with E-state index in [4.69, 9.17) is 4.42 Å². The molecule has 2 aromatic rings. The van der Waals surface area contributed by atoms with Gasteiger partial charge >= 0.3 is 0 Å². The first kappa shape index (κ1) is 10.4. The monoisotopic (exact) mass is 222 g/mol. The van der Waals surface area contributed by atoms with Crippen molar-refractivity contribution in [3.05, 3.63) is 40.2 Å². The fourth-order valence-corrected chi connectivity index (χ4v) is 1.98.